The Morgan fingerprint density at radius 3 is 2.73 bits per heavy atom. The molecule has 5 nitrogen and oxygen atoms in total. The zero-order valence-corrected chi connectivity index (χ0v) is 9.56. The molecule has 0 spiro atoms. The molecular formula is C10H17N5. The first kappa shape index (κ1) is 11.7. The minimum Gasteiger partial charge on any atom is -0.308 e. The van der Waals surface area contributed by atoms with Gasteiger partial charge in [0, 0.05) is 6.54 Å². The largest absolute Gasteiger partial charge is 0.308 e. The van der Waals surface area contributed by atoms with Crippen LogP contribution in [0.1, 0.15) is 18.3 Å². The maximum absolute atomic E-state index is 8.63. The second-order valence-corrected chi connectivity index (χ2v) is 3.70. The van der Waals surface area contributed by atoms with E-state index in [0.29, 0.717) is 6.42 Å². The number of nitrogens with zero attached hydrogens (tertiary/aromatic N) is 5. The van der Waals surface area contributed by atoms with Gasteiger partial charge in [-0.25, -0.2) is 4.68 Å². The van der Waals surface area contributed by atoms with Crippen LogP contribution < -0.4 is 0 Å². The van der Waals surface area contributed by atoms with E-state index in [-0.39, 0.29) is 0 Å². The molecule has 0 aromatic carbocycles. The number of rotatable bonds is 5. The highest BCUT2D eigenvalue weighted by atomic mass is 15.4. The van der Waals surface area contributed by atoms with Crippen LogP contribution in [0.4, 0.5) is 0 Å². The minimum absolute atomic E-state index is 0.352. The van der Waals surface area contributed by atoms with Gasteiger partial charge < -0.3 is 4.90 Å². The van der Waals surface area contributed by atoms with Gasteiger partial charge in [-0.05, 0) is 20.5 Å². The van der Waals surface area contributed by atoms with Crippen LogP contribution in [0.2, 0.25) is 0 Å². The maximum Gasteiger partial charge on any atom is 0.0999 e. The van der Waals surface area contributed by atoms with Crippen molar-refractivity contribution in [1.29, 1.82) is 5.26 Å². The van der Waals surface area contributed by atoms with Crippen LogP contribution >= 0.6 is 0 Å². The SMILES string of the molecule is CCc1c(CC#N)nnn1CCN(C)C. The van der Waals surface area contributed by atoms with Crippen LogP contribution in [0.25, 0.3) is 0 Å². The fraction of sp³-hybridized carbons (Fsp3) is 0.700. The first-order valence-corrected chi connectivity index (χ1v) is 5.12. The fourth-order valence-electron chi connectivity index (χ4n) is 1.44. The smallest absolute Gasteiger partial charge is 0.0999 e. The molecule has 0 aliphatic carbocycles. The summed E-state index contributed by atoms with van der Waals surface area (Å²) in [5, 5.41) is 16.7. The third-order valence-corrected chi connectivity index (χ3v) is 2.26. The lowest BCUT2D eigenvalue weighted by Crippen LogP contribution is -2.20. The fourth-order valence-corrected chi connectivity index (χ4v) is 1.44. The lowest BCUT2D eigenvalue weighted by molar-refractivity contribution is 0.367. The predicted octanol–water partition coefficient (Wildman–Crippen LogP) is 0.468. The van der Waals surface area contributed by atoms with Gasteiger partial charge in [0.2, 0.25) is 0 Å². The number of aromatic nitrogens is 3. The molecule has 0 fully saturated rings. The van der Waals surface area contributed by atoms with Crippen molar-refractivity contribution in [3.63, 3.8) is 0 Å². The Morgan fingerprint density at radius 2 is 2.20 bits per heavy atom. The van der Waals surface area contributed by atoms with Gasteiger partial charge in [0.05, 0.1) is 30.4 Å². The molecular weight excluding hydrogens is 190 g/mol. The van der Waals surface area contributed by atoms with Crippen LogP contribution in [-0.2, 0) is 19.4 Å². The summed E-state index contributed by atoms with van der Waals surface area (Å²) in [6, 6.07) is 2.11. The summed E-state index contributed by atoms with van der Waals surface area (Å²) in [6.45, 7) is 3.82. The lowest BCUT2D eigenvalue weighted by Gasteiger charge is -2.10. The predicted molar refractivity (Wildman–Crippen MR) is 57.3 cm³/mol. The van der Waals surface area contributed by atoms with Crippen molar-refractivity contribution in [3.8, 4) is 6.07 Å². The van der Waals surface area contributed by atoms with E-state index in [0.717, 1.165) is 30.9 Å². The highest BCUT2D eigenvalue weighted by molar-refractivity contribution is 5.14. The Morgan fingerprint density at radius 1 is 1.47 bits per heavy atom. The van der Waals surface area contributed by atoms with E-state index in [4.69, 9.17) is 5.26 Å². The number of likely N-dealkylation sites (N-methyl/N-ethyl adjacent to an activating group) is 1. The molecule has 82 valence electrons. The average Bonchev–Trinajstić information content (AvgIpc) is 2.58. The van der Waals surface area contributed by atoms with Gasteiger partial charge in [0.25, 0.3) is 0 Å². The summed E-state index contributed by atoms with van der Waals surface area (Å²) in [5.74, 6) is 0. The highest BCUT2D eigenvalue weighted by Crippen LogP contribution is 2.06. The van der Waals surface area contributed by atoms with Crippen molar-refractivity contribution in [1.82, 2.24) is 19.9 Å². The van der Waals surface area contributed by atoms with E-state index in [1.807, 2.05) is 18.8 Å². The summed E-state index contributed by atoms with van der Waals surface area (Å²) in [7, 11) is 4.05. The maximum atomic E-state index is 8.63. The molecule has 1 aromatic rings. The first-order chi connectivity index (χ1) is 7.19. The topological polar surface area (TPSA) is 57.7 Å². The van der Waals surface area contributed by atoms with Gasteiger partial charge in [-0.1, -0.05) is 12.1 Å². The summed E-state index contributed by atoms with van der Waals surface area (Å²) >= 11 is 0. The van der Waals surface area contributed by atoms with E-state index in [1.165, 1.54) is 0 Å². The molecule has 15 heavy (non-hydrogen) atoms. The van der Waals surface area contributed by atoms with Crippen molar-refractivity contribution >= 4 is 0 Å². The van der Waals surface area contributed by atoms with Gasteiger partial charge >= 0.3 is 0 Å². The van der Waals surface area contributed by atoms with Crippen molar-refractivity contribution in [2.24, 2.45) is 0 Å². The molecule has 1 aromatic heterocycles. The van der Waals surface area contributed by atoms with Gasteiger partial charge in [-0.2, -0.15) is 5.26 Å². The van der Waals surface area contributed by atoms with Crippen molar-refractivity contribution < 1.29 is 0 Å². The molecule has 0 amide bonds. The Labute approximate surface area is 90.3 Å². The van der Waals surface area contributed by atoms with Crippen molar-refractivity contribution in [2.75, 3.05) is 20.6 Å². The number of hydrogen-bond acceptors (Lipinski definition) is 4. The molecule has 5 heteroatoms. The Balaban J connectivity index is 2.76. The van der Waals surface area contributed by atoms with Crippen molar-refractivity contribution in [3.05, 3.63) is 11.4 Å². The normalized spacial score (nSPS) is 10.6. The first-order valence-electron chi connectivity index (χ1n) is 5.12. The zero-order valence-electron chi connectivity index (χ0n) is 9.56. The zero-order chi connectivity index (χ0) is 11.3. The Kier molecular flexibility index (Phi) is 4.25. The van der Waals surface area contributed by atoms with Crippen LogP contribution in [0.3, 0.4) is 0 Å². The molecule has 0 aliphatic rings. The molecule has 0 atom stereocenters. The molecule has 0 unspecified atom stereocenters. The lowest BCUT2D eigenvalue weighted by atomic mass is 10.2. The number of hydrogen-bond donors (Lipinski definition) is 0. The van der Waals surface area contributed by atoms with Gasteiger partial charge in [-0.15, -0.1) is 5.10 Å². The summed E-state index contributed by atoms with van der Waals surface area (Å²) < 4.78 is 1.90. The van der Waals surface area contributed by atoms with E-state index >= 15 is 0 Å². The van der Waals surface area contributed by atoms with Crippen LogP contribution in [0.5, 0.6) is 0 Å². The van der Waals surface area contributed by atoms with Gasteiger partial charge in [0.1, 0.15) is 0 Å². The van der Waals surface area contributed by atoms with E-state index < -0.39 is 0 Å². The second kappa shape index (κ2) is 5.47. The van der Waals surface area contributed by atoms with Gasteiger partial charge in [-0.3, -0.25) is 0 Å². The second-order valence-electron chi connectivity index (χ2n) is 3.70. The van der Waals surface area contributed by atoms with Crippen LogP contribution in [0, 0.1) is 11.3 Å². The third kappa shape index (κ3) is 3.03. The van der Waals surface area contributed by atoms with Crippen molar-refractivity contribution in [2.45, 2.75) is 26.3 Å². The summed E-state index contributed by atoms with van der Waals surface area (Å²) in [6.07, 6.45) is 1.22. The minimum atomic E-state index is 0.352. The molecule has 0 saturated heterocycles. The summed E-state index contributed by atoms with van der Waals surface area (Å²) in [5.41, 5.74) is 1.90. The van der Waals surface area contributed by atoms with E-state index in [2.05, 4.69) is 28.2 Å². The quantitative estimate of drug-likeness (QED) is 0.704. The standard InChI is InChI=1S/C10H17N5/c1-4-10-9(5-6-11)12-13-15(10)8-7-14(2)3/h4-5,7-8H2,1-3H3. The summed E-state index contributed by atoms with van der Waals surface area (Å²) in [4.78, 5) is 2.10. The molecule has 0 radical (unpaired) electrons. The molecule has 0 aliphatic heterocycles. The van der Waals surface area contributed by atoms with Crippen LogP contribution in [0.15, 0.2) is 0 Å². The molecule has 0 saturated carbocycles. The van der Waals surface area contributed by atoms with Gasteiger partial charge in [0.15, 0.2) is 0 Å². The Bertz CT molecular complexity index is 347. The van der Waals surface area contributed by atoms with Crippen LogP contribution in [-0.4, -0.2) is 40.5 Å². The molecule has 0 bridgehead atoms. The molecule has 1 heterocycles. The monoisotopic (exact) mass is 207 g/mol. The van der Waals surface area contributed by atoms with E-state index in [1.54, 1.807) is 0 Å². The highest BCUT2D eigenvalue weighted by Gasteiger charge is 2.10. The molecule has 1 rings (SSSR count). The number of nitriles is 1. The third-order valence-electron chi connectivity index (χ3n) is 2.26. The van der Waals surface area contributed by atoms with E-state index in [9.17, 15) is 0 Å². The molecule has 0 N–H and O–H groups in total. The Hall–Kier alpha value is -1.41. The average molecular weight is 207 g/mol.